The average molecular weight is 690 g/mol. The van der Waals surface area contributed by atoms with E-state index in [0.717, 1.165) is 72.7 Å². The number of ether oxygens (including phenoxy) is 1. The van der Waals surface area contributed by atoms with Crippen molar-refractivity contribution >= 4 is 10.9 Å². The lowest BCUT2D eigenvalue weighted by atomic mass is 9.66. The van der Waals surface area contributed by atoms with Gasteiger partial charge in [0.25, 0.3) is 0 Å². The van der Waals surface area contributed by atoms with Crippen LogP contribution in [0.25, 0.3) is 67.1 Å². The van der Waals surface area contributed by atoms with Crippen molar-refractivity contribution in [2.75, 3.05) is 0 Å². The number of aromatic nitrogens is 3. The fraction of sp³-hybridized carbons (Fsp3) is 0.0200. The van der Waals surface area contributed by atoms with Crippen molar-refractivity contribution in [2.45, 2.75) is 5.41 Å². The Balaban J connectivity index is 1.19. The molecule has 0 radical (unpaired) electrons. The molecular weight excluding hydrogens is 659 g/mol. The van der Waals surface area contributed by atoms with Crippen molar-refractivity contribution in [1.82, 2.24) is 15.0 Å². The lowest BCUT2D eigenvalue weighted by Gasteiger charge is -2.39. The van der Waals surface area contributed by atoms with Crippen LogP contribution in [-0.2, 0) is 5.41 Å². The quantitative estimate of drug-likeness (QED) is 0.185. The molecule has 0 saturated carbocycles. The van der Waals surface area contributed by atoms with E-state index in [1.807, 2.05) is 36.5 Å². The third kappa shape index (κ3) is 4.53. The monoisotopic (exact) mass is 689 g/mol. The smallest absolute Gasteiger partial charge is 0.160 e. The van der Waals surface area contributed by atoms with Gasteiger partial charge in [-0.25, -0.2) is 9.97 Å². The standard InChI is InChI=1S/C50H31N3O/c1-3-13-32(14-4-1)45-31-46(53-49(52-45)33-15-5-2-6-16-33)35-25-27-41-39(30-35)38-29-34(36-17-11-21-44-37(36)18-12-28-51-44)24-26-40(38)50(41)42-19-7-9-22-47(42)54-48-23-10-8-20-43(48)50/h1-31H. The minimum Gasteiger partial charge on any atom is -0.457 e. The van der Waals surface area contributed by atoms with E-state index in [1.54, 1.807) is 0 Å². The van der Waals surface area contributed by atoms with Gasteiger partial charge in [0.1, 0.15) is 11.5 Å². The molecule has 0 atom stereocenters. The van der Waals surface area contributed by atoms with Gasteiger partial charge in [0.2, 0.25) is 0 Å². The van der Waals surface area contributed by atoms with Crippen LogP contribution in [-0.4, -0.2) is 15.0 Å². The molecule has 2 aromatic heterocycles. The minimum absolute atomic E-state index is 0.580. The van der Waals surface area contributed by atoms with Gasteiger partial charge in [-0.3, -0.25) is 4.98 Å². The molecule has 2 aliphatic rings. The second-order valence-corrected chi connectivity index (χ2v) is 13.9. The number of hydrogen-bond acceptors (Lipinski definition) is 4. The van der Waals surface area contributed by atoms with Crippen LogP contribution in [0.3, 0.4) is 0 Å². The molecule has 9 aromatic rings. The van der Waals surface area contributed by atoms with E-state index in [9.17, 15) is 0 Å². The summed E-state index contributed by atoms with van der Waals surface area (Å²) in [6.45, 7) is 0. The summed E-state index contributed by atoms with van der Waals surface area (Å²) in [7, 11) is 0. The fourth-order valence-corrected chi connectivity index (χ4v) is 8.66. The van der Waals surface area contributed by atoms with Gasteiger partial charge in [0.15, 0.2) is 5.82 Å². The number of pyridine rings is 1. The Morgan fingerprint density at radius 3 is 1.69 bits per heavy atom. The summed E-state index contributed by atoms with van der Waals surface area (Å²) >= 11 is 0. The lowest BCUT2D eigenvalue weighted by molar-refractivity contribution is 0.436. The molecule has 3 heterocycles. The zero-order chi connectivity index (χ0) is 35.6. The number of nitrogens with zero attached hydrogens (tertiary/aromatic N) is 3. The summed E-state index contributed by atoms with van der Waals surface area (Å²) in [5.41, 5.74) is 14.6. The lowest BCUT2D eigenvalue weighted by Crippen LogP contribution is -2.32. The van der Waals surface area contributed by atoms with Crippen molar-refractivity contribution in [1.29, 1.82) is 0 Å². The van der Waals surface area contributed by atoms with E-state index in [1.165, 1.54) is 22.3 Å². The third-order valence-electron chi connectivity index (χ3n) is 11.0. The molecule has 1 aliphatic carbocycles. The van der Waals surface area contributed by atoms with Gasteiger partial charge >= 0.3 is 0 Å². The van der Waals surface area contributed by atoms with Crippen LogP contribution in [0.4, 0.5) is 0 Å². The number of benzene rings is 7. The molecule has 11 rings (SSSR count). The maximum absolute atomic E-state index is 6.62. The molecule has 0 amide bonds. The van der Waals surface area contributed by atoms with E-state index in [2.05, 4.69) is 157 Å². The largest absolute Gasteiger partial charge is 0.457 e. The first-order valence-corrected chi connectivity index (χ1v) is 18.3. The Morgan fingerprint density at radius 1 is 0.389 bits per heavy atom. The van der Waals surface area contributed by atoms with Crippen molar-refractivity contribution < 1.29 is 4.74 Å². The number of hydrogen-bond donors (Lipinski definition) is 0. The molecule has 0 unspecified atom stereocenters. The summed E-state index contributed by atoms with van der Waals surface area (Å²) in [6.07, 6.45) is 1.86. The Kier molecular flexibility index (Phi) is 6.73. The average Bonchev–Trinajstić information content (AvgIpc) is 3.53. The minimum atomic E-state index is -0.580. The highest BCUT2D eigenvalue weighted by Gasteiger charge is 2.51. The molecule has 54 heavy (non-hydrogen) atoms. The van der Waals surface area contributed by atoms with Gasteiger partial charge in [0.05, 0.1) is 22.3 Å². The maximum Gasteiger partial charge on any atom is 0.160 e. The van der Waals surface area contributed by atoms with Crippen molar-refractivity contribution in [3.63, 3.8) is 0 Å². The van der Waals surface area contributed by atoms with Crippen LogP contribution >= 0.6 is 0 Å². The molecule has 4 heteroatoms. The molecule has 1 spiro atoms. The predicted molar refractivity (Wildman–Crippen MR) is 216 cm³/mol. The molecule has 4 nitrogen and oxygen atoms in total. The van der Waals surface area contributed by atoms with Crippen LogP contribution in [0.15, 0.2) is 188 Å². The van der Waals surface area contributed by atoms with Gasteiger partial charge in [-0.05, 0) is 75.8 Å². The van der Waals surface area contributed by atoms with Crippen LogP contribution in [0.5, 0.6) is 11.5 Å². The SMILES string of the molecule is c1ccc(-c2cc(-c3ccc4c(c3)-c3cc(-c5cccc6ncccc56)ccc3C43c4ccccc4Oc4ccccc43)nc(-c3ccccc3)n2)cc1. The topological polar surface area (TPSA) is 47.9 Å². The number of para-hydroxylation sites is 2. The highest BCUT2D eigenvalue weighted by molar-refractivity contribution is 5.98. The zero-order valence-corrected chi connectivity index (χ0v) is 29.1. The summed E-state index contributed by atoms with van der Waals surface area (Å²) in [5, 5.41) is 1.13. The van der Waals surface area contributed by atoms with E-state index >= 15 is 0 Å². The van der Waals surface area contributed by atoms with Gasteiger partial charge in [-0.1, -0.05) is 140 Å². The summed E-state index contributed by atoms with van der Waals surface area (Å²) < 4.78 is 6.62. The van der Waals surface area contributed by atoms with E-state index in [4.69, 9.17) is 14.7 Å². The normalized spacial score (nSPS) is 13.1. The van der Waals surface area contributed by atoms with Gasteiger partial charge in [0, 0.05) is 39.4 Å². The highest BCUT2D eigenvalue weighted by atomic mass is 16.5. The summed E-state index contributed by atoms with van der Waals surface area (Å²) in [4.78, 5) is 15.0. The third-order valence-corrected chi connectivity index (χ3v) is 11.0. The first-order chi connectivity index (χ1) is 26.8. The first-order valence-electron chi connectivity index (χ1n) is 18.3. The second kappa shape index (κ2) is 11.9. The highest BCUT2D eigenvalue weighted by Crippen LogP contribution is 2.62. The molecule has 0 bridgehead atoms. The number of fused-ring (bicyclic) bond motifs is 10. The second-order valence-electron chi connectivity index (χ2n) is 13.9. The summed E-state index contributed by atoms with van der Waals surface area (Å²) in [5.74, 6) is 2.45. The molecule has 1 aliphatic heterocycles. The van der Waals surface area contributed by atoms with Crippen molar-refractivity contribution in [3.05, 3.63) is 210 Å². The van der Waals surface area contributed by atoms with Gasteiger partial charge in [-0.2, -0.15) is 0 Å². The Hall–Kier alpha value is -7.17. The Labute approximate surface area is 313 Å². The number of rotatable bonds is 4. The van der Waals surface area contributed by atoms with Gasteiger partial charge < -0.3 is 4.74 Å². The van der Waals surface area contributed by atoms with Gasteiger partial charge in [-0.15, -0.1) is 0 Å². The fourth-order valence-electron chi connectivity index (χ4n) is 8.66. The van der Waals surface area contributed by atoms with Crippen LogP contribution in [0, 0.1) is 0 Å². The van der Waals surface area contributed by atoms with Crippen molar-refractivity contribution in [2.24, 2.45) is 0 Å². The summed E-state index contributed by atoms with van der Waals surface area (Å²) in [6, 6.07) is 64.1. The van der Waals surface area contributed by atoms with Crippen LogP contribution in [0.2, 0.25) is 0 Å². The molecule has 0 saturated heterocycles. The first kappa shape index (κ1) is 30.5. The van der Waals surface area contributed by atoms with E-state index in [-0.39, 0.29) is 0 Å². The molecule has 252 valence electrons. The predicted octanol–water partition coefficient (Wildman–Crippen LogP) is 12.2. The maximum atomic E-state index is 6.62. The van der Waals surface area contributed by atoms with Crippen molar-refractivity contribution in [3.8, 4) is 67.7 Å². The van der Waals surface area contributed by atoms with Crippen LogP contribution < -0.4 is 4.74 Å². The molecule has 0 N–H and O–H groups in total. The molecule has 7 aromatic carbocycles. The van der Waals surface area contributed by atoms with E-state index < -0.39 is 5.41 Å². The van der Waals surface area contributed by atoms with Crippen LogP contribution in [0.1, 0.15) is 22.3 Å². The molecule has 0 fully saturated rings. The zero-order valence-electron chi connectivity index (χ0n) is 29.1. The molecular formula is C50H31N3O. The Morgan fingerprint density at radius 2 is 0.981 bits per heavy atom. The Bertz CT molecular complexity index is 2810. The van der Waals surface area contributed by atoms with E-state index in [0.29, 0.717) is 5.82 Å².